The van der Waals surface area contributed by atoms with E-state index in [1.54, 1.807) is 0 Å². The second kappa shape index (κ2) is 5.72. The van der Waals surface area contributed by atoms with Gasteiger partial charge in [-0.1, -0.05) is 17.7 Å². The SMILES string of the molecule is O=C(Nc1cccc(C(=O)O)c1O)c1ccc(Cl)cc1O. The van der Waals surface area contributed by atoms with Crippen LogP contribution in [0.4, 0.5) is 5.69 Å². The first-order valence-corrected chi connectivity index (χ1v) is 6.13. The van der Waals surface area contributed by atoms with E-state index in [4.69, 9.17) is 16.7 Å². The zero-order valence-electron chi connectivity index (χ0n) is 10.5. The van der Waals surface area contributed by atoms with Crippen molar-refractivity contribution in [1.29, 1.82) is 0 Å². The van der Waals surface area contributed by atoms with Crippen molar-refractivity contribution in [2.45, 2.75) is 0 Å². The monoisotopic (exact) mass is 307 g/mol. The standard InChI is InChI=1S/C14H10ClNO5/c15-7-4-5-8(11(17)6-7)13(19)16-10-3-1-2-9(12(10)18)14(20)21/h1-6,17-18H,(H,16,19)(H,20,21). The molecule has 0 aromatic heterocycles. The lowest BCUT2D eigenvalue weighted by Gasteiger charge is -2.10. The van der Waals surface area contributed by atoms with Crippen molar-refractivity contribution >= 4 is 29.2 Å². The lowest BCUT2D eigenvalue weighted by molar-refractivity contribution is 0.0693. The molecule has 0 spiro atoms. The highest BCUT2D eigenvalue weighted by atomic mass is 35.5. The number of carboxylic acids is 1. The summed E-state index contributed by atoms with van der Waals surface area (Å²) in [5.74, 6) is -2.92. The Bertz CT molecular complexity index is 729. The summed E-state index contributed by atoms with van der Waals surface area (Å²) in [7, 11) is 0. The third-order valence-corrected chi connectivity index (χ3v) is 2.95. The molecule has 0 aliphatic rings. The molecule has 0 unspecified atom stereocenters. The van der Waals surface area contributed by atoms with Gasteiger partial charge < -0.3 is 20.6 Å². The lowest BCUT2D eigenvalue weighted by Crippen LogP contribution is -2.13. The molecule has 0 heterocycles. The maximum atomic E-state index is 12.0. The van der Waals surface area contributed by atoms with Crippen molar-refractivity contribution in [1.82, 2.24) is 0 Å². The molecule has 0 aliphatic carbocycles. The van der Waals surface area contributed by atoms with Gasteiger partial charge in [0.25, 0.3) is 5.91 Å². The van der Waals surface area contributed by atoms with Gasteiger partial charge in [-0.05, 0) is 30.3 Å². The Morgan fingerprint density at radius 3 is 2.38 bits per heavy atom. The van der Waals surface area contributed by atoms with Crippen molar-refractivity contribution < 1.29 is 24.9 Å². The molecule has 2 rings (SSSR count). The first-order chi connectivity index (χ1) is 9.90. The third kappa shape index (κ3) is 3.06. The molecule has 2 aromatic carbocycles. The highest BCUT2D eigenvalue weighted by molar-refractivity contribution is 6.31. The number of hydrogen-bond acceptors (Lipinski definition) is 4. The number of aromatic carboxylic acids is 1. The number of nitrogens with one attached hydrogen (secondary N) is 1. The van der Waals surface area contributed by atoms with Crippen LogP contribution in [0.3, 0.4) is 0 Å². The minimum absolute atomic E-state index is 0.0560. The molecule has 1 amide bonds. The van der Waals surface area contributed by atoms with Gasteiger partial charge in [-0.3, -0.25) is 4.79 Å². The molecule has 0 radical (unpaired) electrons. The Kier molecular flexibility index (Phi) is 4.00. The number of anilines is 1. The Hall–Kier alpha value is -2.73. The Morgan fingerprint density at radius 1 is 1.05 bits per heavy atom. The number of benzene rings is 2. The van der Waals surface area contributed by atoms with Crippen molar-refractivity contribution in [3.05, 3.63) is 52.5 Å². The summed E-state index contributed by atoms with van der Waals surface area (Å²) in [5.41, 5.74) is -0.470. The van der Waals surface area contributed by atoms with E-state index < -0.39 is 17.6 Å². The molecule has 0 aliphatic heterocycles. The molecular weight excluding hydrogens is 298 g/mol. The van der Waals surface area contributed by atoms with Crippen molar-refractivity contribution in [3.63, 3.8) is 0 Å². The van der Waals surface area contributed by atoms with Crippen LogP contribution in [0.5, 0.6) is 11.5 Å². The van der Waals surface area contributed by atoms with Crippen LogP contribution in [0.1, 0.15) is 20.7 Å². The quantitative estimate of drug-likeness (QED) is 0.652. The van der Waals surface area contributed by atoms with Gasteiger partial charge in [0.05, 0.1) is 11.3 Å². The van der Waals surface area contributed by atoms with Crippen LogP contribution < -0.4 is 5.32 Å². The number of rotatable bonds is 3. The van der Waals surface area contributed by atoms with Gasteiger partial charge in [-0.25, -0.2) is 4.79 Å². The molecule has 4 N–H and O–H groups in total. The van der Waals surface area contributed by atoms with E-state index in [1.165, 1.54) is 36.4 Å². The number of carbonyl (C=O) groups excluding carboxylic acids is 1. The van der Waals surface area contributed by atoms with Crippen LogP contribution in [0.2, 0.25) is 5.02 Å². The van der Waals surface area contributed by atoms with E-state index in [1.807, 2.05) is 0 Å². The first kappa shape index (κ1) is 14.7. The van der Waals surface area contributed by atoms with Crippen LogP contribution in [0.15, 0.2) is 36.4 Å². The average molecular weight is 308 g/mol. The molecular formula is C14H10ClNO5. The number of amides is 1. The number of phenols is 2. The molecule has 6 nitrogen and oxygen atoms in total. The van der Waals surface area contributed by atoms with Gasteiger partial charge in [-0.2, -0.15) is 0 Å². The number of halogens is 1. The fraction of sp³-hybridized carbons (Fsp3) is 0. The van der Waals surface area contributed by atoms with Crippen molar-refractivity contribution in [2.24, 2.45) is 0 Å². The molecule has 0 bridgehead atoms. The van der Waals surface area contributed by atoms with Gasteiger partial charge in [0.15, 0.2) is 5.75 Å². The van der Waals surface area contributed by atoms with E-state index in [-0.39, 0.29) is 27.6 Å². The largest absolute Gasteiger partial charge is 0.507 e. The van der Waals surface area contributed by atoms with E-state index in [0.29, 0.717) is 0 Å². The lowest BCUT2D eigenvalue weighted by atomic mass is 10.1. The van der Waals surface area contributed by atoms with Gasteiger partial charge in [0.1, 0.15) is 11.3 Å². The van der Waals surface area contributed by atoms with E-state index in [2.05, 4.69) is 5.32 Å². The van der Waals surface area contributed by atoms with Gasteiger partial charge in [0, 0.05) is 5.02 Å². The van der Waals surface area contributed by atoms with Crippen molar-refractivity contribution in [2.75, 3.05) is 5.32 Å². The highest BCUT2D eigenvalue weighted by Gasteiger charge is 2.17. The Morgan fingerprint density at radius 2 is 1.76 bits per heavy atom. The van der Waals surface area contributed by atoms with Gasteiger partial charge in [0.2, 0.25) is 0 Å². The molecule has 7 heteroatoms. The van der Waals surface area contributed by atoms with Crippen LogP contribution in [0, 0.1) is 0 Å². The molecule has 2 aromatic rings. The fourth-order valence-electron chi connectivity index (χ4n) is 1.70. The van der Waals surface area contributed by atoms with E-state index >= 15 is 0 Å². The van der Waals surface area contributed by atoms with E-state index in [0.717, 1.165) is 0 Å². The average Bonchev–Trinajstić information content (AvgIpc) is 2.40. The molecule has 0 saturated carbocycles. The number of phenolic OH excluding ortho intramolecular Hbond substituents is 1. The minimum atomic E-state index is -1.32. The van der Waals surface area contributed by atoms with Gasteiger partial charge >= 0.3 is 5.97 Å². The number of carboxylic acid groups (broad SMARTS) is 1. The second-order valence-electron chi connectivity index (χ2n) is 4.12. The fourth-order valence-corrected chi connectivity index (χ4v) is 1.87. The van der Waals surface area contributed by atoms with Crippen molar-refractivity contribution in [3.8, 4) is 11.5 Å². The summed E-state index contributed by atoms with van der Waals surface area (Å²) in [6.45, 7) is 0. The maximum Gasteiger partial charge on any atom is 0.339 e. The number of hydrogen-bond donors (Lipinski definition) is 4. The summed E-state index contributed by atoms with van der Waals surface area (Å²) in [6.07, 6.45) is 0. The summed E-state index contributed by atoms with van der Waals surface area (Å²) in [4.78, 5) is 22.9. The molecule has 108 valence electrons. The van der Waals surface area contributed by atoms with Crippen LogP contribution in [0.25, 0.3) is 0 Å². The molecule has 0 saturated heterocycles. The van der Waals surface area contributed by atoms with E-state index in [9.17, 15) is 19.8 Å². The van der Waals surface area contributed by atoms with Gasteiger partial charge in [-0.15, -0.1) is 0 Å². The maximum absolute atomic E-state index is 12.0. The number of carbonyl (C=O) groups is 2. The first-order valence-electron chi connectivity index (χ1n) is 5.75. The van der Waals surface area contributed by atoms with Crippen LogP contribution >= 0.6 is 11.6 Å². The normalized spacial score (nSPS) is 10.1. The van der Waals surface area contributed by atoms with Crippen LogP contribution in [-0.4, -0.2) is 27.2 Å². The Labute approximate surface area is 124 Å². The summed E-state index contributed by atoms with van der Waals surface area (Å²) < 4.78 is 0. The van der Waals surface area contributed by atoms with Crippen LogP contribution in [-0.2, 0) is 0 Å². The minimum Gasteiger partial charge on any atom is -0.507 e. The summed E-state index contributed by atoms with van der Waals surface area (Å²) >= 11 is 5.67. The molecule has 0 fully saturated rings. The zero-order valence-corrected chi connectivity index (χ0v) is 11.3. The molecule has 21 heavy (non-hydrogen) atoms. The third-order valence-electron chi connectivity index (χ3n) is 2.72. The number of aromatic hydroxyl groups is 2. The number of para-hydroxylation sites is 1. The summed E-state index contributed by atoms with van der Waals surface area (Å²) in [5, 5.41) is 30.9. The highest BCUT2D eigenvalue weighted by Crippen LogP contribution is 2.29. The summed E-state index contributed by atoms with van der Waals surface area (Å²) in [6, 6.07) is 7.85. The topological polar surface area (TPSA) is 107 Å². The Balaban J connectivity index is 2.32. The smallest absolute Gasteiger partial charge is 0.339 e. The predicted octanol–water partition coefficient (Wildman–Crippen LogP) is 2.70. The predicted molar refractivity (Wildman–Crippen MR) is 76.1 cm³/mol. The molecule has 0 atom stereocenters. The second-order valence-corrected chi connectivity index (χ2v) is 4.56. The zero-order chi connectivity index (χ0) is 15.6.